The second-order valence-corrected chi connectivity index (χ2v) is 5.26. The number of aliphatic hydroxyl groups is 1. The molecule has 0 saturated carbocycles. The number of ether oxygens (including phenoxy) is 2. The van der Waals surface area contributed by atoms with Crippen LogP contribution in [0.4, 0.5) is 5.69 Å². The number of alkyl halides is 1. The second-order valence-electron chi connectivity index (χ2n) is 4.82. The lowest BCUT2D eigenvalue weighted by Gasteiger charge is -2.14. The molecule has 2 N–H and O–H groups in total. The van der Waals surface area contributed by atoms with E-state index >= 15 is 0 Å². The van der Waals surface area contributed by atoms with Crippen LogP contribution in [0.15, 0.2) is 42.5 Å². The number of halogens is 1. The fourth-order valence-electron chi connectivity index (χ4n) is 2.11. The molecule has 0 saturated heterocycles. The number of anilines is 1. The van der Waals surface area contributed by atoms with Gasteiger partial charge in [-0.2, -0.15) is 0 Å². The number of methoxy groups -OCH3 is 2. The normalized spacial score (nSPS) is 11.7. The van der Waals surface area contributed by atoms with Gasteiger partial charge in [0.15, 0.2) is 11.5 Å². The maximum absolute atomic E-state index is 12.3. The van der Waals surface area contributed by atoms with Crippen LogP contribution in [0.1, 0.15) is 16.5 Å². The highest BCUT2D eigenvalue weighted by Crippen LogP contribution is 2.32. The fourth-order valence-corrected chi connectivity index (χ4v) is 2.31. The molecule has 1 amide bonds. The summed E-state index contributed by atoms with van der Waals surface area (Å²) in [4.78, 5) is 12.3. The number of carbonyl (C=O) groups excluding carboxylic acids is 1. The fraction of sp³-hybridized carbons (Fsp3) is 0.235. The number of rotatable bonds is 6. The Bertz CT molecular complexity index is 690. The Morgan fingerprint density at radius 3 is 2.57 bits per heavy atom. The predicted octanol–water partition coefficient (Wildman–Crippen LogP) is 3.11. The Morgan fingerprint density at radius 2 is 1.91 bits per heavy atom. The predicted molar refractivity (Wildman–Crippen MR) is 89.1 cm³/mol. The average molecular weight is 336 g/mol. The molecule has 0 bridgehead atoms. The van der Waals surface area contributed by atoms with Gasteiger partial charge in [0, 0.05) is 5.69 Å². The molecule has 0 heterocycles. The van der Waals surface area contributed by atoms with Gasteiger partial charge in [0.25, 0.3) is 0 Å². The van der Waals surface area contributed by atoms with Crippen LogP contribution in [0.3, 0.4) is 0 Å². The van der Waals surface area contributed by atoms with Gasteiger partial charge in [0.1, 0.15) is 5.38 Å². The maximum Gasteiger partial charge on any atom is 0.246 e. The Labute approximate surface area is 139 Å². The van der Waals surface area contributed by atoms with Crippen LogP contribution in [0.2, 0.25) is 0 Å². The third-order valence-electron chi connectivity index (χ3n) is 3.31. The Morgan fingerprint density at radius 1 is 1.17 bits per heavy atom. The third-order valence-corrected chi connectivity index (χ3v) is 3.76. The van der Waals surface area contributed by atoms with Crippen molar-refractivity contribution in [3.05, 3.63) is 53.6 Å². The van der Waals surface area contributed by atoms with Gasteiger partial charge < -0.3 is 19.9 Å². The largest absolute Gasteiger partial charge is 0.493 e. The van der Waals surface area contributed by atoms with Gasteiger partial charge in [0.2, 0.25) is 5.91 Å². The lowest BCUT2D eigenvalue weighted by atomic mass is 10.1. The molecular weight excluding hydrogens is 318 g/mol. The number of aliphatic hydroxyl groups excluding tert-OH is 1. The average Bonchev–Trinajstić information content (AvgIpc) is 2.60. The van der Waals surface area contributed by atoms with E-state index in [1.54, 1.807) is 42.5 Å². The number of nitrogens with one attached hydrogen (secondary N) is 1. The monoisotopic (exact) mass is 335 g/mol. The van der Waals surface area contributed by atoms with E-state index in [0.717, 1.165) is 0 Å². The molecule has 1 atom stereocenters. The molecule has 0 fully saturated rings. The van der Waals surface area contributed by atoms with Crippen LogP contribution in [-0.4, -0.2) is 25.2 Å². The number of benzene rings is 2. The van der Waals surface area contributed by atoms with Crippen molar-refractivity contribution in [2.24, 2.45) is 0 Å². The van der Waals surface area contributed by atoms with E-state index < -0.39 is 5.38 Å². The number of hydrogen-bond acceptors (Lipinski definition) is 4. The first-order chi connectivity index (χ1) is 11.1. The van der Waals surface area contributed by atoms with Crippen LogP contribution < -0.4 is 14.8 Å². The first-order valence-electron chi connectivity index (χ1n) is 6.95. The van der Waals surface area contributed by atoms with Gasteiger partial charge in [-0.3, -0.25) is 4.79 Å². The van der Waals surface area contributed by atoms with E-state index in [1.165, 1.54) is 14.2 Å². The molecule has 0 radical (unpaired) electrons. The summed E-state index contributed by atoms with van der Waals surface area (Å²) in [6.07, 6.45) is 0. The number of carbonyl (C=O) groups is 1. The minimum atomic E-state index is -0.882. The van der Waals surface area contributed by atoms with Crippen molar-refractivity contribution in [3.8, 4) is 11.5 Å². The first-order valence-corrected chi connectivity index (χ1v) is 7.39. The van der Waals surface area contributed by atoms with Gasteiger partial charge in [-0.15, -0.1) is 11.6 Å². The van der Waals surface area contributed by atoms with Gasteiger partial charge in [-0.1, -0.05) is 18.2 Å². The van der Waals surface area contributed by atoms with Crippen molar-refractivity contribution in [1.82, 2.24) is 0 Å². The standard InChI is InChI=1S/C17H18ClNO4/c1-22-14-7-6-12(9-15(14)23-2)16(18)17(21)19-13-5-3-4-11(8-13)10-20/h3-9,16,20H,10H2,1-2H3,(H,19,21). The van der Waals surface area contributed by atoms with E-state index in [0.29, 0.717) is 28.3 Å². The molecule has 2 aromatic carbocycles. The summed E-state index contributed by atoms with van der Waals surface area (Å²) in [6.45, 7) is -0.0936. The van der Waals surface area contributed by atoms with Crippen molar-refractivity contribution in [2.75, 3.05) is 19.5 Å². The zero-order valence-corrected chi connectivity index (χ0v) is 13.6. The topological polar surface area (TPSA) is 67.8 Å². The van der Waals surface area contributed by atoms with E-state index in [2.05, 4.69) is 5.32 Å². The SMILES string of the molecule is COc1ccc(C(Cl)C(=O)Nc2cccc(CO)c2)cc1OC. The molecule has 0 aliphatic heterocycles. The Balaban J connectivity index is 2.15. The van der Waals surface area contributed by atoms with Crippen LogP contribution in [0.25, 0.3) is 0 Å². The van der Waals surface area contributed by atoms with Gasteiger partial charge in [-0.05, 0) is 35.4 Å². The first kappa shape index (κ1) is 17.1. The molecule has 0 spiro atoms. The highest BCUT2D eigenvalue weighted by Gasteiger charge is 2.19. The summed E-state index contributed by atoms with van der Waals surface area (Å²) in [5.41, 5.74) is 1.88. The van der Waals surface area contributed by atoms with Crippen LogP contribution in [0, 0.1) is 0 Å². The molecule has 0 aromatic heterocycles. The highest BCUT2D eigenvalue weighted by atomic mass is 35.5. The molecular formula is C17H18ClNO4. The molecule has 2 rings (SSSR count). The smallest absolute Gasteiger partial charge is 0.246 e. The quantitative estimate of drug-likeness (QED) is 0.796. The minimum Gasteiger partial charge on any atom is -0.493 e. The van der Waals surface area contributed by atoms with Crippen molar-refractivity contribution in [2.45, 2.75) is 12.0 Å². The van der Waals surface area contributed by atoms with E-state index in [4.69, 9.17) is 26.2 Å². The minimum absolute atomic E-state index is 0.0936. The van der Waals surface area contributed by atoms with Crippen LogP contribution >= 0.6 is 11.6 Å². The molecule has 2 aromatic rings. The Kier molecular flexibility index (Phi) is 5.84. The Hall–Kier alpha value is -2.24. The summed E-state index contributed by atoms with van der Waals surface area (Å²) < 4.78 is 10.4. The van der Waals surface area contributed by atoms with E-state index in [1.807, 2.05) is 0 Å². The summed E-state index contributed by atoms with van der Waals surface area (Å²) in [5.74, 6) is 0.705. The third kappa shape index (κ3) is 4.15. The van der Waals surface area contributed by atoms with E-state index in [9.17, 15) is 4.79 Å². The number of amides is 1. The molecule has 0 aliphatic carbocycles. The van der Waals surface area contributed by atoms with Gasteiger partial charge in [0.05, 0.1) is 20.8 Å². The summed E-state index contributed by atoms with van der Waals surface area (Å²) >= 11 is 6.25. The highest BCUT2D eigenvalue weighted by molar-refractivity contribution is 6.32. The summed E-state index contributed by atoms with van der Waals surface area (Å²) in [5, 5.41) is 11.0. The van der Waals surface area contributed by atoms with Crippen molar-refractivity contribution >= 4 is 23.2 Å². The number of hydrogen-bond donors (Lipinski definition) is 2. The summed E-state index contributed by atoms with van der Waals surface area (Å²) in [7, 11) is 3.06. The summed E-state index contributed by atoms with van der Waals surface area (Å²) in [6, 6.07) is 12.0. The zero-order chi connectivity index (χ0) is 16.8. The van der Waals surface area contributed by atoms with Crippen molar-refractivity contribution < 1.29 is 19.4 Å². The van der Waals surface area contributed by atoms with Crippen LogP contribution in [-0.2, 0) is 11.4 Å². The van der Waals surface area contributed by atoms with Crippen LogP contribution in [0.5, 0.6) is 11.5 Å². The molecule has 122 valence electrons. The molecule has 6 heteroatoms. The van der Waals surface area contributed by atoms with Crippen molar-refractivity contribution in [1.29, 1.82) is 0 Å². The van der Waals surface area contributed by atoms with Crippen molar-refractivity contribution in [3.63, 3.8) is 0 Å². The molecule has 0 aliphatic rings. The molecule has 23 heavy (non-hydrogen) atoms. The lowest BCUT2D eigenvalue weighted by Crippen LogP contribution is -2.17. The van der Waals surface area contributed by atoms with Gasteiger partial charge >= 0.3 is 0 Å². The van der Waals surface area contributed by atoms with E-state index in [-0.39, 0.29) is 12.5 Å². The molecule has 1 unspecified atom stereocenters. The zero-order valence-electron chi connectivity index (χ0n) is 12.9. The molecule has 5 nitrogen and oxygen atoms in total. The van der Waals surface area contributed by atoms with Gasteiger partial charge in [-0.25, -0.2) is 0 Å². The second kappa shape index (κ2) is 7.85. The lowest BCUT2D eigenvalue weighted by molar-refractivity contribution is -0.116. The maximum atomic E-state index is 12.3.